The van der Waals surface area contributed by atoms with Gasteiger partial charge in [0.25, 0.3) is 11.6 Å². The zero-order chi connectivity index (χ0) is 18.1. The molecule has 1 heterocycles. The largest absolute Gasteiger partial charge is 0.467 e. The highest BCUT2D eigenvalue weighted by Gasteiger charge is 2.06. The van der Waals surface area contributed by atoms with Gasteiger partial charge in [0.05, 0.1) is 23.9 Å². The third-order valence-corrected chi connectivity index (χ3v) is 2.90. The number of furan rings is 1. The summed E-state index contributed by atoms with van der Waals surface area (Å²) in [6, 6.07) is 8.64. The number of nitro groups is 1. The summed E-state index contributed by atoms with van der Waals surface area (Å²) in [4.78, 5) is 33.2. The van der Waals surface area contributed by atoms with E-state index in [1.54, 1.807) is 18.2 Å². The first-order valence-corrected chi connectivity index (χ1v) is 7.15. The fourth-order valence-electron chi connectivity index (χ4n) is 1.74. The van der Waals surface area contributed by atoms with Gasteiger partial charge in [-0.05, 0) is 12.1 Å². The Bertz CT molecular complexity index is 772. The summed E-state index contributed by atoms with van der Waals surface area (Å²) in [6.07, 6.45) is 2.75. The number of nitro benzene ring substituents is 1. The number of hydrazone groups is 1. The van der Waals surface area contributed by atoms with Crippen molar-refractivity contribution in [2.75, 3.05) is 6.54 Å². The van der Waals surface area contributed by atoms with E-state index < -0.39 is 16.9 Å². The number of rotatable bonds is 7. The summed E-state index contributed by atoms with van der Waals surface area (Å²) < 4.78 is 5.04. The molecule has 0 radical (unpaired) electrons. The summed E-state index contributed by atoms with van der Waals surface area (Å²) >= 11 is 0. The van der Waals surface area contributed by atoms with E-state index in [9.17, 15) is 19.7 Å². The average molecular weight is 345 g/mol. The fourth-order valence-corrected chi connectivity index (χ4v) is 1.74. The van der Waals surface area contributed by atoms with E-state index in [2.05, 4.69) is 21.2 Å². The molecule has 0 saturated carbocycles. The topological polar surface area (TPSA) is 139 Å². The highest BCUT2D eigenvalue weighted by Crippen LogP contribution is 2.11. The van der Waals surface area contributed by atoms with Gasteiger partial charge in [0.15, 0.2) is 0 Å². The van der Waals surface area contributed by atoms with Gasteiger partial charge in [0.2, 0.25) is 0 Å². The van der Waals surface area contributed by atoms with E-state index in [-0.39, 0.29) is 18.8 Å². The lowest BCUT2D eigenvalue weighted by atomic mass is 10.2. The molecule has 0 saturated heterocycles. The van der Waals surface area contributed by atoms with Crippen molar-refractivity contribution in [2.24, 2.45) is 5.10 Å². The van der Waals surface area contributed by atoms with Crippen LogP contribution in [0.5, 0.6) is 0 Å². The van der Waals surface area contributed by atoms with Crippen LogP contribution in [0.3, 0.4) is 0 Å². The highest BCUT2D eigenvalue weighted by molar-refractivity contribution is 5.86. The second-order valence-electron chi connectivity index (χ2n) is 4.76. The molecule has 1 aromatic heterocycles. The zero-order valence-electron chi connectivity index (χ0n) is 13.0. The summed E-state index contributed by atoms with van der Waals surface area (Å²) in [5.41, 5.74) is 2.58. The Morgan fingerprint density at radius 3 is 2.80 bits per heavy atom. The Morgan fingerprint density at radius 1 is 1.24 bits per heavy atom. The van der Waals surface area contributed by atoms with Crippen LogP contribution in [0.2, 0.25) is 0 Å². The SMILES string of the molecule is O=C(CNC(=O)NCc1ccco1)NN=Cc1cccc([N+](=O)[O-])c1. The molecule has 3 N–H and O–H groups in total. The molecule has 3 amide bonds. The maximum atomic E-state index is 11.6. The van der Waals surface area contributed by atoms with Crippen LogP contribution in [0.4, 0.5) is 10.5 Å². The number of nitrogens with zero attached hydrogens (tertiary/aromatic N) is 2. The first-order chi connectivity index (χ1) is 12.0. The minimum Gasteiger partial charge on any atom is -0.467 e. The monoisotopic (exact) mass is 345 g/mol. The fraction of sp³-hybridized carbons (Fsp3) is 0.133. The summed E-state index contributed by atoms with van der Waals surface area (Å²) in [7, 11) is 0. The quantitative estimate of drug-likeness (QED) is 0.392. The number of carbonyl (C=O) groups is 2. The van der Waals surface area contributed by atoms with Crippen molar-refractivity contribution in [2.45, 2.75) is 6.54 Å². The third-order valence-electron chi connectivity index (χ3n) is 2.90. The molecule has 10 heteroatoms. The highest BCUT2D eigenvalue weighted by atomic mass is 16.6. The van der Waals surface area contributed by atoms with Crippen molar-refractivity contribution < 1.29 is 18.9 Å². The van der Waals surface area contributed by atoms with Crippen LogP contribution >= 0.6 is 0 Å². The van der Waals surface area contributed by atoms with Gasteiger partial charge >= 0.3 is 6.03 Å². The Labute approximate surface area is 142 Å². The van der Waals surface area contributed by atoms with Crippen LogP contribution in [-0.2, 0) is 11.3 Å². The maximum absolute atomic E-state index is 11.6. The molecule has 0 aliphatic carbocycles. The van der Waals surface area contributed by atoms with Crippen LogP contribution in [-0.4, -0.2) is 29.6 Å². The molecule has 0 atom stereocenters. The van der Waals surface area contributed by atoms with Crippen LogP contribution in [0.1, 0.15) is 11.3 Å². The van der Waals surface area contributed by atoms with E-state index in [0.717, 1.165) is 0 Å². The lowest BCUT2D eigenvalue weighted by molar-refractivity contribution is -0.384. The second-order valence-corrected chi connectivity index (χ2v) is 4.76. The van der Waals surface area contributed by atoms with E-state index in [1.807, 2.05) is 0 Å². The van der Waals surface area contributed by atoms with Crippen LogP contribution in [0, 0.1) is 10.1 Å². The third kappa shape index (κ3) is 6.14. The predicted molar refractivity (Wildman–Crippen MR) is 87.8 cm³/mol. The Kier molecular flexibility index (Phi) is 6.23. The van der Waals surface area contributed by atoms with Crippen molar-refractivity contribution in [1.82, 2.24) is 16.1 Å². The van der Waals surface area contributed by atoms with Crippen LogP contribution < -0.4 is 16.1 Å². The maximum Gasteiger partial charge on any atom is 0.315 e. The first kappa shape index (κ1) is 17.7. The predicted octanol–water partition coefficient (Wildman–Crippen LogP) is 1.14. The average Bonchev–Trinajstić information content (AvgIpc) is 3.12. The van der Waals surface area contributed by atoms with E-state index in [1.165, 1.54) is 30.7 Å². The van der Waals surface area contributed by atoms with E-state index in [0.29, 0.717) is 11.3 Å². The van der Waals surface area contributed by atoms with Gasteiger partial charge < -0.3 is 15.1 Å². The number of non-ortho nitro benzene ring substituents is 1. The van der Waals surface area contributed by atoms with Gasteiger partial charge in [0.1, 0.15) is 12.3 Å². The molecular weight excluding hydrogens is 330 g/mol. The van der Waals surface area contributed by atoms with Gasteiger partial charge in [-0.25, -0.2) is 10.2 Å². The van der Waals surface area contributed by atoms with Crippen molar-refractivity contribution in [3.8, 4) is 0 Å². The van der Waals surface area contributed by atoms with Gasteiger partial charge in [-0.15, -0.1) is 0 Å². The van der Waals surface area contributed by atoms with E-state index in [4.69, 9.17) is 4.42 Å². The molecule has 130 valence electrons. The lowest BCUT2D eigenvalue weighted by Crippen LogP contribution is -2.40. The number of nitrogens with one attached hydrogen (secondary N) is 3. The molecule has 0 spiro atoms. The van der Waals surface area contributed by atoms with Crippen molar-refractivity contribution in [3.05, 3.63) is 64.1 Å². The van der Waals surface area contributed by atoms with Crippen LogP contribution in [0.15, 0.2) is 52.2 Å². The van der Waals surface area contributed by atoms with Gasteiger partial charge in [0, 0.05) is 17.7 Å². The molecule has 0 bridgehead atoms. The normalized spacial score (nSPS) is 10.4. The summed E-state index contributed by atoms with van der Waals surface area (Å²) in [5.74, 6) is 0.0379. The Morgan fingerprint density at radius 2 is 2.08 bits per heavy atom. The molecule has 0 aliphatic rings. The summed E-state index contributed by atoms with van der Waals surface area (Å²) in [5, 5.41) is 19.2. The number of carbonyl (C=O) groups excluding carboxylic acids is 2. The molecular formula is C15H15N5O5. The number of hydrogen-bond acceptors (Lipinski definition) is 6. The second kappa shape index (κ2) is 8.82. The molecule has 1 aromatic carbocycles. The van der Waals surface area contributed by atoms with E-state index >= 15 is 0 Å². The Balaban J connectivity index is 1.70. The lowest BCUT2D eigenvalue weighted by Gasteiger charge is -2.05. The van der Waals surface area contributed by atoms with Crippen molar-refractivity contribution in [1.29, 1.82) is 0 Å². The minimum absolute atomic E-state index is 0.0785. The number of benzene rings is 1. The Hall–Kier alpha value is -3.69. The molecule has 10 nitrogen and oxygen atoms in total. The number of urea groups is 1. The first-order valence-electron chi connectivity index (χ1n) is 7.15. The minimum atomic E-state index is -0.546. The molecule has 2 rings (SSSR count). The standard InChI is InChI=1S/C15H15N5O5/c21-14(10-17-15(22)16-9-13-5-2-6-25-13)19-18-8-11-3-1-4-12(7-11)20(23)24/h1-8H,9-10H2,(H,19,21)(H2,16,17,22). The van der Waals surface area contributed by atoms with Crippen molar-refractivity contribution >= 4 is 23.8 Å². The van der Waals surface area contributed by atoms with Crippen molar-refractivity contribution in [3.63, 3.8) is 0 Å². The van der Waals surface area contributed by atoms with Gasteiger partial charge in [-0.2, -0.15) is 5.10 Å². The van der Waals surface area contributed by atoms with Crippen LogP contribution in [0.25, 0.3) is 0 Å². The molecule has 25 heavy (non-hydrogen) atoms. The van der Waals surface area contributed by atoms with Gasteiger partial charge in [-0.3, -0.25) is 14.9 Å². The number of amides is 3. The zero-order valence-corrected chi connectivity index (χ0v) is 13.0. The smallest absolute Gasteiger partial charge is 0.315 e. The number of hydrogen-bond donors (Lipinski definition) is 3. The van der Waals surface area contributed by atoms with Gasteiger partial charge in [-0.1, -0.05) is 12.1 Å². The molecule has 2 aromatic rings. The summed E-state index contributed by atoms with van der Waals surface area (Å²) in [6.45, 7) is -0.0817. The molecule has 0 fully saturated rings. The molecule has 0 aliphatic heterocycles. The molecule has 0 unspecified atom stereocenters.